The highest BCUT2D eigenvalue weighted by Crippen LogP contribution is 2.19. The first-order valence-corrected chi connectivity index (χ1v) is 5.18. The highest BCUT2D eigenvalue weighted by Gasteiger charge is 2.20. The van der Waals surface area contributed by atoms with Crippen LogP contribution in [0.25, 0.3) is 0 Å². The van der Waals surface area contributed by atoms with Crippen LogP contribution in [-0.4, -0.2) is 35.1 Å². The molecule has 0 fully saturated rings. The summed E-state index contributed by atoms with van der Waals surface area (Å²) >= 11 is 0. The predicted molar refractivity (Wildman–Crippen MR) is 54.6 cm³/mol. The maximum absolute atomic E-state index is 9.61. The molecule has 0 aliphatic heterocycles. The Labute approximate surface area is 89.4 Å². The second kappa shape index (κ2) is 5.82. The number of aliphatic hydroxyl groups excluding tert-OH is 1. The van der Waals surface area contributed by atoms with E-state index in [1.807, 2.05) is 13.8 Å². The molecule has 0 aliphatic rings. The summed E-state index contributed by atoms with van der Waals surface area (Å²) in [6, 6.07) is 0. The molecule has 86 valence electrons. The van der Waals surface area contributed by atoms with Gasteiger partial charge in [-0.05, 0) is 6.42 Å². The van der Waals surface area contributed by atoms with E-state index in [1.54, 1.807) is 7.11 Å². The molecule has 1 N–H and O–H groups in total. The van der Waals surface area contributed by atoms with Crippen molar-refractivity contribution in [1.29, 1.82) is 0 Å². The van der Waals surface area contributed by atoms with Crippen molar-refractivity contribution in [2.75, 3.05) is 13.7 Å². The summed E-state index contributed by atoms with van der Waals surface area (Å²) in [5.41, 5.74) is 0. The molecule has 0 aromatic carbocycles. The summed E-state index contributed by atoms with van der Waals surface area (Å²) in [4.78, 5) is 4.20. The van der Waals surface area contributed by atoms with Gasteiger partial charge in [0.25, 0.3) is 0 Å². The Kier molecular flexibility index (Phi) is 4.71. The molecule has 1 aromatic heterocycles. The van der Waals surface area contributed by atoms with Crippen LogP contribution in [0.4, 0.5) is 0 Å². The Hall–Kier alpha value is -0.940. The van der Waals surface area contributed by atoms with Gasteiger partial charge in [-0.3, -0.25) is 0 Å². The second-order valence-corrected chi connectivity index (χ2v) is 3.56. The molecule has 5 nitrogen and oxygen atoms in total. The van der Waals surface area contributed by atoms with Gasteiger partial charge in [-0.15, -0.1) is 0 Å². The molecular formula is C10H18N2O3. The summed E-state index contributed by atoms with van der Waals surface area (Å²) in [5.74, 6) is 1.01. The van der Waals surface area contributed by atoms with Crippen molar-refractivity contribution in [2.24, 2.45) is 0 Å². The van der Waals surface area contributed by atoms with E-state index in [2.05, 4.69) is 10.1 Å². The maximum atomic E-state index is 9.61. The Morgan fingerprint density at radius 1 is 1.53 bits per heavy atom. The Bertz CT molecular complexity index is 288. The standard InChI is InChI=1S/C10H18N2O3/c1-4-8(13)7(2)10-11-9(12-15-10)5-6-14-3/h7-8,13H,4-6H2,1-3H3. The van der Waals surface area contributed by atoms with Crippen LogP contribution in [0.1, 0.15) is 37.9 Å². The normalized spacial score (nSPS) is 15.2. The van der Waals surface area contributed by atoms with Gasteiger partial charge in [0.2, 0.25) is 5.89 Å². The smallest absolute Gasteiger partial charge is 0.232 e. The fraction of sp³-hybridized carbons (Fsp3) is 0.800. The number of nitrogens with zero attached hydrogens (tertiary/aromatic N) is 2. The fourth-order valence-corrected chi connectivity index (χ4v) is 1.27. The lowest BCUT2D eigenvalue weighted by Gasteiger charge is -2.11. The van der Waals surface area contributed by atoms with E-state index >= 15 is 0 Å². The monoisotopic (exact) mass is 214 g/mol. The zero-order valence-corrected chi connectivity index (χ0v) is 9.43. The second-order valence-electron chi connectivity index (χ2n) is 3.56. The van der Waals surface area contributed by atoms with Crippen molar-refractivity contribution in [3.63, 3.8) is 0 Å². The van der Waals surface area contributed by atoms with E-state index in [0.29, 0.717) is 31.2 Å². The third-order valence-electron chi connectivity index (χ3n) is 2.40. The van der Waals surface area contributed by atoms with Gasteiger partial charge in [0.1, 0.15) is 0 Å². The van der Waals surface area contributed by atoms with Crippen LogP contribution < -0.4 is 0 Å². The summed E-state index contributed by atoms with van der Waals surface area (Å²) in [6.07, 6.45) is 0.882. The molecule has 1 aromatic rings. The quantitative estimate of drug-likeness (QED) is 0.768. The Balaban J connectivity index is 2.58. The van der Waals surface area contributed by atoms with Crippen molar-refractivity contribution >= 4 is 0 Å². The van der Waals surface area contributed by atoms with Gasteiger partial charge < -0.3 is 14.4 Å². The number of rotatable bonds is 6. The molecule has 0 radical (unpaired) electrons. The lowest BCUT2D eigenvalue weighted by atomic mass is 10.0. The molecule has 0 spiro atoms. The predicted octanol–water partition coefficient (Wildman–Crippen LogP) is 1.13. The van der Waals surface area contributed by atoms with Crippen LogP contribution in [0.2, 0.25) is 0 Å². The molecule has 2 atom stereocenters. The van der Waals surface area contributed by atoms with Gasteiger partial charge in [-0.1, -0.05) is 19.0 Å². The van der Waals surface area contributed by atoms with Crippen LogP contribution >= 0.6 is 0 Å². The van der Waals surface area contributed by atoms with Crippen molar-refractivity contribution in [3.05, 3.63) is 11.7 Å². The van der Waals surface area contributed by atoms with E-state index in [1.165, 1.54) is 0 Å². The lowest BCUT2D eigenvalue weighted by Crippen LogP contribution is -2.14. The van der Waals surface area contributed by atoms with Crippen molar-refractivity contribution in [2.45, 2.75) is 38.7 Å². The van der Waals surface area contributed by atoms with E-state index in [-0.39, 0.29) is 5.92 Å². The topological polar surface area (TPSA) is 68.4 Å². The molecule has 15 heavy (non-hydrogen) atoms. The molecule has 0 amide bonds. The Morgan fingerprint density at radius 3 is 2.87 bits per heavy atom. The minimum absolute atomic E-state index is 0.112. The highest BCUT2D eigenvalue weighted by atomic mass is 16.5. The number of aromatic nitrogens is 2. The lowest BCUT2D eigenvalue weighted by molar-refractivity contribution is 0.129. The molecule has 5 heteroatoms. The maximum Gasteiger partial charge on any atom is 0.232 e. The van der Waals surface area contributed by atoms with Crippen LogP contribution in [0.15, 0.2) is 4.52 Å². The molecule has 0 saturated carbocycles. The average molecular weight is 214 g/mol. The minimum Gasteiger partial charge on any atom is -0.392 e. The van der Waals surface area contributed by atoms with Crippen LogP contribution in [0, 0.1) is 0 Å². The third kappa shape index (κ3) is 3.28. The van der Waals surface area contributed by atoms with Crippen molar-refractivity contribution in [3.8, 4) is 0 Å². The summed E-state index contributed by atoms with van der Waals surface area (Å²) in [7, 11) is 1.63. The molecule has 1 heterocycles. The van der Waals surface area contributed by atoms with E-state index in [0.717, 1.165) is 0 Å². The summed E-state index contributed by atoms with van der Waals surface area (Å²) in [5, 5.41) is 13.4. The van der Waals surface area contributed by atoms with Gasteiger partial charge in [-0.2, -0.15) is 4.98 Å². The SMILES string of the molecule is CCC(O)C(C)c1nc(CCOC)no1. The third-order valence-corrected chi connectivity index (χ3v) is 2.40. The first kappa shape index (κ1) is 12.1. The molecule has 0 saturated heterocycles. The van der Waals surface area contributed by atoms with E-state index in [4.69, 9.17) is 9.26 Å². The van der Waals surface area contributed by atoms with Crippen LogP contribution in [0.5, 0.6) is 0 Å². The van der Waals surface area contributed by atoms with E-state index < -0.39 is 6.10 Å². The summed E-state index contributed by atoms with van der Waals surface area (Å²) < 4.78 is 9.98. The Morgan fingerprint density at radius 2 is 2.27 bits per heavy atom. The largest absolute Gasteiger partial charge is 0.392 e. The number of hydrogen-bond acceptors (Lipinski definition) is 5. The van der Waals surface area contributed by atoms with Crippen LogP contribution in [0.3, 0.4) is 0 Å². The number of methoxy groups -OCH3 is 1. The molecule has 2 unspecified atom stereocenters. The zero-order chi connectivity index (χ0) is 11.3. The molecule has 1 rings (SSSR count). The highest BCUT2D eigenvalue weighted by molar-refractivity contribution is 4.95. The van der Waals surface area contributed by atoms with Gasteiger partial charge in [0.15, 0.2) is 5.82 Å². The number of ether oxygens (including phenoxy) is 1. The van der Waals surface area contributed by atoms with E-state index in [9.17, 15) is 5.11 Å². The van der Waals surface area contributed by atoms with Crippen molar-refractivity contribution < 1.29 is 14.4 Å². The van der Waals surface area contributed by atoms with Gasteiger partial charge >= 0.3 is 0 Å². The summed E-state index contributed by atoms with van der Waals surface area (Å²) in [6.45, 7) is 4.37. The fourth-order valence-electron chi connectivity index (χ4n) is 1.27. The average Bonchev–Trinajstić information content (AvgIpc) is 2.72. The number of hydrogen-bond donors (Lipinski definition) is 1. The zero-order valence-electron chi connectivity index (χ0n) is 9.43. The van der Waals surface area contributed by atoms with Crippen LogP contribution in [-0.2, 0) is 11.2 Å². The molecule has 0 bridgehead atoms. The first-order valence-electron chi connectivity index (χ1n) is 5.18. The minimum atomic E-state index is -0.430. The van der Waals surface area contributed by atoms with Gasteiger partial charge in [0, 0.05) is 13.5 Å². The van der Waals surface area contributed by atoms with Crippen molar-refractivity contribution in [1.82, 2.24) is 10.1 Å². The van der Waals surface area contributed by atoms with Gasteiger partial charge in [0.05, 0.1) is 18.6 Å². The number of aliphatic hydroxyl groups is 1. The molecule has 0 aliphatic carbocycles. The first-order chi connectivity index (χ1) is 7.19. The van der Waals surface area contributed by atoms with Gasteiger partial charge in [-0.25, -0.2) is 0 Å². The molecular weight excluding hydrogens is 196 g/mol.